The van der Waals surface area contributed by atoms with Gasteiger partial charge in [-0.2, -0.15) is 0 Å². The molecule has 1 aliphatic rings. The first-order chi connectivity index (χ1) is 8.16. The number of nitrogen functional groups attached to an aromatic ring is 1. The molecule has 1 aromatic rings. The fraction of sp³-hybridized carbons (Fsp3) is 0.500. The second-order valence-electron chi connectivity index (χ2n) is 4.22. The Kier molecular flexibility index (Phi) is 3.78. The van der Waals surface area contributed by atoms with Gasteiger partial charge in [0.25, 0.3) is 0 Å². The molecule has 1 aliphatic heterocycles. The number of rotatable bonds is 3. The third-order valence-electron chi connectivity index (χ3n) is 2.89. The van der Waals surface area contributed by atoms with Gasteiger partial charge in [0, 0.05) is 19.2 Å². The van der Waals surface area contributed by atoms with Gasteiger partial charge in [0.1, 0.15) is 5.82 Å². The predicted octanol–water partition coefficient (Wildman–Crippen LogP) is 2.53. The van der Waals surface area contributed by atoms with Crippen molar-refractivity contribution in [2.75, 3.05) is 24.2 Å². The van der Waals surface area contributed by atoms with Crippen LogP contribution in [0.3, 0.4) is 0 Å². The van der Waals surface area contributed by atoms with Crippen LogP contribution in [0.25, 0.3) is 0 Å². The Bertz CT molecular complexity index is 392. The molecule has 0 bridgehead atoms. The lowest BCUT2D eigenvalue weighted by atomic mass is 10.1. The molecule has 0 radical (unpaired) electrons. The molecule has 3 N–H and O–H groups in total. The monoisotopic (exact) mass is 242 g/mol. The van der Waals surface area contributed by atoms with E-state index in [0.29, 0.717) is 6.54 Å². The molecule has 5 heteroatoms. The minimum absolute atomic E-state index is 0.0535. The highest BCUT2D eigenvalue weighted by Crippen LogP contribution is 2.24. The second kappa shape index (κ2) is 5.31. The zero-order valence-electron chi connectivity index (χ0n) is 9.51. The van der Waals surface area contributed by atoms with Crippen molar-refractivity contribution in [2.24, 2.45) is 0 Å². The van der Waals surface area contributed by atoms with E-state index in [1.807, 2.05) is 0 Å². The topological polar surface area (TPSA) is 47.3 Å². The molecule has 0 aromatic heterocycles. The molecular formula is C12H16F2N2O. The van der Waals surface area contributed by atoms with Crippen LogP contribution in [-0.2, 0) is 4.74 Å². The largest absolute Gasteiger partial charge is 0.395 e. The average molecular weight is 242 g/mol. The highest BCUT2D eigenvalue weighted by Gasteiger charge is 2.15. The summed E-state index contributed by atoms with van der Waals surface area (Å²) in [6, 6.07) is 1.97. The Balaban J connectivity index is 1.98. The minimum atomic E-state index is -0.739. The molecule has 0 amide bonds. The van der Waals surface area contributed by atoms with Crippen molar-refractivity contribution in [1.29, 1.82) is 0 Å². The first kappa shape index (κ1) is 12.1. The molecule has 2 rings (SSSR count). The molecule has 0 spiro atoms. The van der Waals surface area contributed by atoms with Crippen molar-refractivity contribution in [3.8, 4) is 0 Å². The van der Waals surface area contributed by atoms with Gasteiger partial charge < -0.3 is 15.8 Å². The van der Waals surface area contributed by atoms with E-state index in [2.05, 4.69) is 5.32 Å². The Morgan fingerprint density at radius 1 is 1.35 bits per heavy atom. The molecule has 1 fully saturated rings. The number of nitrogens with one attached hydrogen (secondary N) is 1. The lowest BCUT2D eigenvalue weighted by Gasteiger charge is -2.23. The maximum absolute atomic E-state index is 13.2. The van der Waals surface area contributed by atoms with Gasteiger partial charge in [0.2, 0.25) is 0 Å². The van der Waals surface area contributed by atoms with Crippen molar-refractivity contribution >= 4 is 11.4 Å². The maximum Gasteiger partial charge on any atom is 0.151 e. The normalized spacial score (nSPS) is 20.2. The molecule has 1 saturated heterocycles. The molecule has 1 atom stereocenters. The Hall–Kier alpha value is -1.36. The average Bonchev–Trinajstić information content (AvgIpc) is 2.33. The van der Waals surface area contributed by atoms with Gasteiger partial charge in [-0.3, -0.25) is 0 Å². The summed E-state index contributed by atoms with van der Waals surface area (Å²) in [7, 11) is 0. The Morgan fingerprint density at radius 3 is 2.88 bits per heavy atom. The molecule has 17 heavy (non-hydrogen) atoms. The van der Waals surface area contributed by atoms with Crippen LogP contribution >= 0.6 is 0 Å². The summed E-state index contributed by atoms with van der Waals surface area (Å²) in [6.45, 7) is 1.27. The van der Waals surface area contributed by atoms with E-state index in [1.165, 1.54) is 6.07 Å². The summed E-state index contributed by atoms with van der Waals surface area (Å²) in [6.07, 6.45) is 3.26. The van der Waals surface area contributed by atoms with Gasteiger partial charge in [-0.1, -0.05) is 0 Å². The fourth-order valence-electron chi connectivity index (χ4n) is 1.92. The molecule has 94 valence electrons. The molecule has 0 aliphatic carbocycles. The van der Waals surface area contributed by atoms with Gasteiger partial charge in [0.15, 0.2) is 5.82 Å². The third kappa shape index (κ3) is 3.06. The van der Waals surface area contributed by atoms with E-state index in [1.54, 1.807) is 0 Å². The second-order valence-corrected chi connectivity index (χ2v) is 4.22. The van der Waals surface area contributed by atoms with E-state index in [-0.39, 0.29) is 17.5 Å². The van der Waals surface area contributed by atoms with Gasteiger partial charge in [-0.25, -0.2) is 8.78 Å². The Morgan fingerprint density at radius 2 is 2.18 bits per heavy atom. The molecule has 1 unspecified atom stereocenters. The highest BCUT2D eigenvalue weighted by atomic mass is 19.1. The van der Waals surface area contributed by atoms with Crippen LogP contribution in [-0.4, -0.2) is 19.3 Å². The first-order valence-electron chi connectivity index (χ1n) is 5.77. The molecular weight excluding hydrogens is 226 g/mol. The van der Waals surface area contributed by atoms with Gasteiger partial charge in [-0.05, 0) is 25.3 Å². The number of hydrogen-bond donors (Lipinski definition) is 2. The molecule has 0 saturated carbocycles. The van der Waals surface area contributed by atoms with Crippen LogP contribution < -0.4 is 11.1 Å². The van der Waals surface area contributed by atoms with Crippen LogP contribution in [0, 0.1) is 11.6 Å². The zero-order valence-corrected chi connectivity index (χ0v) is 9.51. The van der Waals surface area contributed by atoms with Gasteiger partial charge >= 0.3 is 0 Å². The minimum Gasteiger partial charge on any atom is -0.395 e. The van der Waals surface area contributed by atoms with Crippen LogP contribution in [0.4, 0.5) is 20.2 Å². The summed E-state index contributed by atoms with van der Waals surface area (Å²) in [4.78, 5) is 0. The van der Waals surface area contributed by atoms with Crippen molar-refractivity contribution in [3.63, 3.8) is 0 Å². The van der Waals surface area contributed by atoms with E-state index < -0.39 is 11.6 Å². The summed E-state index contributed by atoms with van der Waals surface area (Å²) in [5.41, 5.74) is 5.76. The van der Waals surface area contributed by atoms with Crippen molar-refractivity contribution < 1.29 is 13.5 Å². The van der Waals surface area contributed by atoms with E-state index in [9.17, 15) is 8.78 Å². The quantitative estimate of drug-likeness (QED) is 0.801. The van der Waals surface area contributed by atoms with Gasteiger partial charge in [-0.15, -0.1) is 0 Å². The first-order valence-corrected chi connectivity index (χ1v) is 5.77. The number of anilines is 2. The lowest BCUT2D eigenvalue weighted by Crippen LogP contribution is -2.27. The van der Waals surface area contributed by atoms with Crippen LogP contribution in [0.15, 0.2) is 12.1 Å². The van der Waals surface area contributed by atoms with Crippen molar-refractivity contribution in [3.05, 3.63) is 23.8 Å². The molecule has 1 heterocycles. The SMILES string of the molecule is Nc1c(F)cc(F)cc1NCC1CCCCO1. The summed E-state index contributed by atoms with van der Waals surface area (Å²) in [5.74, 6) is -1.37. The van der Waals surface area contributed by atoms with Crippen LogP contribution in [0.2, 0.25) is 0 Å². The predicted molar refractivity (Wildman–Crippen MR) is 62.9 cm³/mol. The highest BCUT2D eigenvalue weighted by molar-refractivity contribution is 5.66. The Labute approximate surface area is 98.9 Å². The summed E-state index contributed by atoms with van der Waals surface area (Å²) >= 11 is 0. The van der Waals surface area contributed by atoms with Gasteiger partial charge in [0.05, 0.1) is 17.5 Å². The van der Waals surface area contributed by atoms with E-state index in [0.717, 1.165) is 31.9 Å². The number of benzene rings is 1. The summed E-state index contributed by atoms with van der Waals surface area (Å²) < 4.78 is 31.7. The fourth-order valence-corrected chi connectivity index (χ4v) is 1.92. The van der Waals surface area contributed by atoms with Crippen LogP contribution in [0.1, 0.15) is 19.3 Å². The van der Waals surface area contributed by atoms with Crippen LogP contribution in [0.5, 0.6) is 0 Å². The standard InChI is InChI=1S/C12H16F2N2O/c13-8-5-10(14)12(15)11(6-8)16-7-9-3-1-2-4-17-9/h5-6,9,16H,1-4,7,15H2. The zero-order chi connectivity index (χ0) is 12.3. The molecule has 1 aromatic carbocycles. The summed E-state index contributed by atoms with van der Waals surface area (Å²) in [5, 5.41) is 2.93. The number of halogens is 2. The van der Waals surface area contributed by atoms with Crippen molar-refractivity contribution in [1.82, 2.24) is 0 Å². The third-order valence-corrected chi connectivity index (χ3v) is 2.89. The number of nitrogens with two attached hydrogens (primary N) is 1. The maximum atomic E-state index is 13.2. The van der Waals surface area contributed by atoms with E-state index in [4.69, 9.17) is 10.5 Å². The van der Waals surface area contributed by atoms with Crippen molar-refractivity contribution in [2.45, 2.75) is 25.4 Å². The lowest BCUT2D eigenvalue weighted by molar-refractivity contribution is 0.0247. The molecule has 3 nitrogen and oxygen atoms in total. The number of hydrogen-bond acceptors (Lipinski definition) is 3. The van der Waals surface area contributed by atoms with E-state index >= 15 is 0 Å². The smallest absolute Gasteiger partial charge is 0.151 e. The number of ether oxygens (including phenoxy) is 1.